The second kappa shape index (κ2) is 6.88. The Hall–Kier alpha value is -2.96. The van der Waals surface area contributed by atoms with Gasteiger partial charge in [0.15, 0.2) is 0 Å². The molecule has 1 amide bonds. The lowest BCUT2D eigenvalue weighted by Gasteiger charge is -2.26. The van der Waals surface area contributed by atoms with Crippen molar-refractivity contribution >= 4 is 11.9 Å². The number of benzene rings is 1. The quantitative estimate of drug-likeness (QED) is 0.857. The molecule has 1 atom stereocenters. The molecule has 25 heavy (non-hydrogen) atoms. The number of aliphatic carboxylic acids is 1. The molecule has 1 saturated carbocycles. The van der Waals surface area contributed by atoms with Crippen molar-refractivity contribution < 1.29 is 14.7 Å². The van der Waals surface area contributed by atoms with Crippen LogP contribution in [0.2, 0.25) is 0 Å². The largest absolute Gasteiger partial charge is 0.480 e. The lowest BCUT2D eigenvalue weighted by molar-refractivity contribution is -0.150. The van der Waals surface area contributed by atoms with Crippen LogP contribution >= 0.6 is 0 Å². The molecule has 0 aliphatic heterocycles. The van der Waals surface area contributed by atoms with Crippen molar-refractivity contribution in [3.05, 3.63) is 52.8 Å². The molecule has 130 valence electrons. The zero-order chi connectivity index (χ0) is 18.0. The van der Waals surface area contributed by atoms with E-state index in [-0.39, 0.29) is 12.6 Å². The van der Waals surface area contributed by atoms with E-state index in [0.29, 0.717) is 5.69 Å². The first-order valence-electron chi connectivity index (χ1n) is 8.15. The molecule has 2 aromatic rings. The van der Waals surface area contributed by atoms with E-state index in [1.165, 1.54) is 17.9 Å². The lowest BCUT2D eigenvalue weighted by atomic mass is 10.1. The number of nitrogens with zero attached hydrogens (tertiary/aromatic N) is 3. The van der Waals surface area contributed by atoms with Crippen LogP contribution in [0.25, 0.3) is 11.3 Å². The Morgan fingerprint density at radius 1 is 1.24 bits per heavy atom. The SMILES string of the molecule is CC(C(=O)O)N(C(=O)Cn1nc(-c2ccccc2)ccc1=O)C1CC1. The van der Waals surface area contributed by atoms with Gasteiger partial charge in [-0.25, -0.2) is 9.48 Å². The molecular weight excluding hydrogens is 322 g/mol. The van der Waals surface area contributed by atoms with Crippen LogP contribution in [-0.4, -0.2) is 43.7 Å². The molecule has 1 fully saturated rings. The number of hydrogen-bond donors (Lipinski definition) is 1. The molecule has 1 aliphatic carbocycles. The van der Waals surface area contributed by atoms with Gasteiger partial charge in [-0.1, -0.05) is 30.3 Å². The fourth-order valence-corrected chi connectivity index (χ4v) is 2.74. The van der Waals surface area contributed by atoms with Crippen LogP contribution in [-0.2, 0) is 16.1 Å². The van der Waals surface area contributed by atoms with E-state index < -0.39 is 23.5 Å². The number of carbonyl (C=O) groups excluding carboxylic acids is 1. The Balaban J connectivity index is 1.85. The summed E-state index contributed by atoms with van der Waals surface area (Å²) in [7, 11) is 0. The second-order valence-corrected chi connectivity index (χ2v) is 6.13. The Morgan fingerprint density at radius 3 is 2.52 bits per heavy atom. The number of carboxylic acid groups (broad SMARTS) is 1. The minimum Gasteiger partial charge on any atom is -0.480 e. The minimum absolute atomic E-state index is 0.0633. The molecule has 7 heteroatoms. The van der Waals surface area contributed by atoms with Crippen LogP contribution in [0.15, 0.2) is 47.3 Å². The highest BCUT2D eigenvalue weighted by Crippen LogP contribution is 2.29. The fraction of sp³-hybridized carbons (Fsp3) is 0.333. The first kappa shape index (κ1) is 16.9. The van der Waals surface area contributed by atoms with E-state index in [2.05, 4.69) is 5.10 Å². The Morgan fingerprint density at radius 2 is 1.92 bits per heavy atom. The van der Waals surface area contributed by atoms with Gasteiger partial charge in [0.25, 0.3) is 5.56 Å². The van der Waals surface area contributed by atoms with Gasteiger partial charge in [0, 0.05) is 17.7 Å². The van der Waals surface area contributed by atoms with Crippen LogP contribution in [0.4, 0.5) is 0 Å². The first-order valence-corrected chi connectivity index (χ1v) is 8.15. The molecule has 7 nitrogen and oxygen atoms in total. The summed E-state index contributed by atoms with van der Waals surface area (Å²) in [5.41, 5.74) is 1.02. The summed E-state index contributed by atoms with van der Waals surface area (Å²) in [5.74, 6) is -1.46. The van der Waals surface area contributed by atoms with Gasteiger partial charge in [-0.3, -0.25) is 9.59 Å². The zero-order valence-corrected chi connectivity index (χ0v) is 13.8. The van der Waals surface area contributed by atoms with Gasteiger partial charge >= 0.3 is 5.97 Å². The highest BCUT2D eigenvalue weighted by molar-refractivity contribution is 5.83. The van der Waals surface area contributed by atoms with Crippen molar-refractivity contribution in [1.29, 1.82) is 0 Å². The minimum atomic E-state index is -1.06. The van der Waals surface area contributed by atoms with Gasteiger partial charge in [-0.2, -0.15) is 5.10 Å². The molecule has 1 unspecified atom stereocenters. The molecule has 1 N–H and O–H groups in total. The number of carboxylic acids is 1. The number of amides is 1. The summed E-state index contributed by atoms with van der Waals surface area (Å²) in [6.45, 7) is 1.21. The van der Waals surface area contributed by atoms with Crippen molar-refractivity contribution in [2.75, 3.05) is 0 Å². The van der Waals surface area contributed by atoms with Crippen molar-refractivity contribution in [2.45, 2.75) is 38.4 Å². The molecule has 0 saturated heterocycles. The maximum Gasteiger partial charge on any atom is 0.326 e. The zero-order valence-electron chi connectivity index (χ0n) is 13.8. The summed E-state index contributed by atoms with van der Waals surface area (Å²) in [6.07, 6.45) is 1.57. The van der Waals surface area contributed by atoms with Gasteiger partial charge < -0.3 is 10.0 Å². The monoisotopic (exact) mass is 341 g/mol. The maximum atomic E-state index is 12.6. The number of hydrogen-bond acceptors (Lipinski definition) is 4. The average Bonchev–Trinajstić information content (AvgIpc) is 3.42. The Kier molecular flexibility index (Phi) is 4.65. The second-order valence-electron chi connectivity index (χ2n) is 6.13. The summed E-state index contributed by atoms with van der Waals surface area (Å²) in [4.78, 5) is 37.3. The van der Waals surface area contributed by atoms with Crippen molar-refractivity contribution in [3.8, 4) is 11.3 Å². The maximum absolute atomic E-state index is 12.6. The van der Waals surface area contributed by atoms with E-state index in [9.17, 15) is 19.5 Å². The van der Waals surface area contributed by atoms with Gasteiger partial charge in [-0.15, -0.1) is 0 Å². The molecule has 0 radical (unpaired) electrons. The average molecular weight is 341 g/mol. The smallest absolute Gasteiger partial charge is 0.326 e. The molecule has 1 heterocycles. The van der Waals surface area contributed by atoms with Crippen LogP contribution in [0, 0.1) is 0 Å². The van der Waals surface area contributed by atoms with E-state index >= 15 is 0 Å². The van der Waals surface area contributed by atoms with E-state index in [0.717, 1.165) is 23.1 Å². The van der Waals surface area contributed by atoms with Crippen molar-refractivity contribution in [1.82, 2.24) is 14.7 Å². The summed E-state index contributed by atoms with van der Waals surface area (Å²) in [6, 6.07) is 11.3. The highest BCUT2D eigenvalue weighted by Gasteiger charge is 2.38. The predicted molar refractivity (Wildman–Crippen MR) is 90.9 cm³/mol. The van der Waals surface area contributed by atoms with E-state index in [1.54, 1.807) is 6.07 Å². The topological polar surface area (TPSA) is 92.5 Å². The fourth-order valence-electron chi connectivity index (χ4n) is 2.74. The molecule has 0 bridgehead atoms. The Bertz CT molecular complexity index is 843. The molecule has 1 aliphatic rings. The third kappa shape index (κ3) is 3.76. The number of aromatic nitrogens is 2. The molecular formula is C18H19N3O4. The van der Waals surface area contributed by atoms with Gasteiger partial charge in [0.2, 0.25) is 5.91 Å². The number of rotatable bonds is 6. The summed E-state index contributed by atoms with van der Waals surface area (Å²) < 4.78 is 1.09. The van der Waals surface area contributed by atoms with Crippen LogP contribution in [0.5, 0.6) is 0 Å². The standard InChI is InChI=1S/C18H19N3O4/c1-12(18(24)25)21(14-7-8-14)17(23)11-20-16(22)10-9-15(19-20)13-5-3-2-4-6-13/h2-6,9-10,12,14H,7-8,11H2,1H3,(H,24,25). The third-order valence-electron chi connectivity index (χ3n) is 4.22. The predicted octanol–water partition coefficient (Wildman–Crippen LogP) is 1.37. The van der Waals surface area contributed by atoms with Gasteiger partial charge in [0.1, 0.15) is 12.6 Å². The van der Waals surface area contributed by atoms with Gasteiger partial charge in [0.05, 0.1) is 5.69 Å². The van der Waals surface area contributed by atoms with Crippen molar-refractivity contribution in [2.24, 2.45) is 0 Å². The summed E-state index contributed by atoms with van der Waals surface area (Å²) >= 11 is 0. The van der Waals surface area contributed by atoms with Crippen LogP contribution in [0.3, 0.4) is 0 Å². The molecule has 0 spiro atoms. The van der Waals surface area contributed by atoms with Gasteiger partial charge in [-0.05, 0) is 25.8 Å². The van der Waals surface area contributed by atoms with E-state index in [4.69, 9.17) is 0 Å². The molecule has 1 aromatic heterocycles. The van der Waals surface area contributed by atoms with Crippen LogP contribution < -0.4 is 5.56 Å². The van der Waals surface area contributed by atoms with Crippen molar-refractivity contribution in [3.63, 3.8) is 0 Å². The van der Waals surface area contributed by atoms with E-state index in [1.807, 2.05) is 30.3 Å². The Labute approximate surface area is 144 Å². The molecule has 3 rings (SSSR count). The van der Waals surface area contributed by atoms with Crippen LogP contribution in [0.1, 0.15) is 19.8 Å². The lowest BCUT2D eigenvalue weighted by Crippen LogP contribution is -2.47. The first-order chi connectivity index (χ1) is 12.0. The third-order valence-corrected chi connectivity index (χ3v) is 4.22. The number of carbonyl (C=O) groups is 2. The summed E-state index contributed by atoms with van der Waals surface area (Å²) in [5, 5.41) is 13.5. The highest BCUT2D eigenvalue weighted by atomic mass is 16.4. The normalized spacial score (nSPS) is 14.8. The molecule has 1 aromatic carbocycles.